The highest BCUT2D eigenvalue weighted by molar-refractivity contribution is 5.63. The summed E-state index contributed by atoms with van der Waals surface area (Å²) in [5.41, 5.74) is 11.0. The van der Waals surface area contributed by atoms with Crippen LogP contribution in [0.5, 0.6) is 11.5 Å². The molecule has 0 amide bonds. The Morgan fingerprint density at radius 3 is 2.19 bits per heavy atom. The number of hydrogen-bond donors (Lipinski definition) is 1. The molecule has 1 aliphatic carbocycles. The predicted molar refractivity (Wildman–Crippen MR) is 120 cm³/mol. The van der Waals surface area contributed by atoms with Gasteiger partial charge in [-0.25, -0.2) is 0 Å². The first-order valence-electron chi connectivity index (χ1n) is 10.3. The standard InChI is InChI=1S/C26H26N2O3/c1-16-12-19(14-17-4-8-20(29-2)9-5-17)25-22(13-16)24(23(15-27)26(28)31-25)18-6-10-21(30-3)11-7-18/h4-11,14,16,24H,12-13,28H2,1-3H3/b19-14+. The molecular weight excluding hydrogens is 388 g/mol. The van der Waals surface area contributed by atoms with Crippen molar-refractivity contribution in [2.75, 3.05) is 14.2 Å². The van der Waals surface area contributed by atoms with Gasteiger partial charge in [-0.05, 0) is 71.4 Å². The van der Waals surface area contributed by atoms with E-state index in [1.54, 1.807) is 14.2 Å². The first kappa shape index (κ1) is 20.6. The van der Waals surface area contributed by atoms with Gasteiger partial charge in [-0.1, -0.05) is 31.2 Å². The molecule has 0 saturated heterocycles. The van der Waals surface area contributed by atoms with Gasteiger partial charge in [0.2, 0.25) is 5.88 Å². The van der Waals surface area contributed by atoms with Crippen LogP contribution in [0.3, 0.4) is 0 Å². The Balaban J connectivity index is 1.81. The summed E-state index contributed by atoms with van der Waals surface area (Å²) in [6.45, 7) is 2.23. The molecule has 2 aromatic carbocycles. The fraction of sp³-hybridized carbons (Fsp3) is 0.269. The second-order valence-electron chi connectivity index (χ2n) is 8.01. The highest BCUT2D eigenvalue weighted by Gasteiger charge is 2.37. The quantitative estimate of drug-likeness (QED) is 0.737. The number of benzene rings is 2. The van der Waals surface area contributed by atoms with Crippen LogP contribution in [0.1, 0.15) is 36.8 Å². The fourth-order valence-electron chi connectivity index (χ4n) is 4.39. The SMILES string of the molecule is COc1ccc(/C=C2\CC(C)CC3=C2OC(N)=C(C#N)C3c2ccc(OC)cc2)cc1. The van der Waals surface area contributed by atoms with Crippen molar-refractivity contribution in [3.05, 3.63) is 88.0 Å². The van der Waals surface area contributed by atoms with E-state index in [2.05, 4.69) is 19.1 Å². The lowest BCUT2D eigenvalue weighted by atomic mass is 9.74. The van der Waals surface area contributed by atoms with Gasteiger partial charge in [0.15, 0.2) is 0 Å². The summed E-state index contributed by atoms with van der Waals surface area (Å²) >= 11 is 0. The average molecular weight is 415 g/mol. The number of ether oxygens (including phenoxy) is 3. The normalized spacial score (nSPS) is 21.9. The highest BCUT2D eigenvalue weighted by atomic mass is 16.5. The van der Waals surface area contributed by atoms with Gasteiger partial charge in [-0.15, -0.1) is 0 Å². The lowest BCUT2D eigenvalue weighted by Gasteiger charge is -2.35. The molecule has 158 valence electrons. The molecule has 0 fully saturated rings. The van der Waals surface area contributed by atoms with E-state index in [-0.39, 0.29) is 11.8 Å². The molecule has 0 radical (unpaired) electrons. The van der Waals surface area contributed by atoms with E-state index in [9.17, 15) is 5.26 Å². The molecule has 2 aliphatic rings. The van der Waals surface area contributed by atoms with Gasteiger partial charge >= 0.3 is 0 Å². The minimum atomic E-state index is -0.221. The zero-order chi connectivity index (χ0) is 22.0. The van der Waals surface area contributed by atoms with Gasteiger partial charge in [-0.3, -0.25) is 0 Å². The van der Waals surface area contributed by atoms with Gasteiger partial charge in [-0.2, -0.15) is 5.26 Å². The van der Waals surface area contributed by atoms with Crippen molar-refractivity contribution in [2.24, 2.45) is 11.7 Å². The molecule has 0 aromatic heterocycles. The van der Waals surface area contributed by atoms with Crippen LogP contribution < -0.4 is 15.2 Å². The van der Waals surface area contributed by atoms with E-state index in [1.807, 2.05) is 48.5 Å². The third-order valence-electron chi connectivity index (χ3n) is 5.86. The molecule has 0 bridgehead atoms. The molecule has 2 unspecified atom stereocenters. The van der Waals surface area contributed by atoms with Crippen molar-refractivity contribution in [1.82, 2.24) is 0 Å². The maximum absolute atomic E-state index is 9.86. The van der Waals surface area contributed by atoms with E-state index in [0.29, 0.717) is 11.5 Å². The molecule has 31 heavy (non-hydrogen) atoms. The van der Waals surface area contributed by atoms with Crippen molar-refractivity contribution in [3.63, 3.8) is 0 Å². The molecular formula is C26H26N2O3. The zero-order valence-electron chi connectivity index (χ0n) is 18.0. The van der Waals surface area contributed by atoms with Crippen LogP contribution in [0.4, 0.5) is 0 Å². The molecule has 0 saturated carbocycles. The second-order valence-corrected chi connectivity index (χ2v) is 8.01. The summed E-state index contributed by atoms with van der Waals surface area (Å²) in [7, 11) is 3.30. The van der Waals surface area contributed by atoms with Gasteiger partial charge in [0.25, 0.3) is 0 Å². The van der Waals surface area contributed by atoms with Gasteiger partial charge in [0.05, 0.1) is 14.2 Å². The van der Waals surface area contributed by atoms with Crippen LogP contribution in [0.15, 0.2) is 76.9 Å². The number of nitrogens with two attached hydrogens (primary N) is 1. The maximum Gasteiger partial charge on any atom is 0.205 e. The predicted octanol–water partition coefficient (Wildman–Crippen LogP) is 5.28. The van der Waals surface area contributed by atoms with Crippen molar-refractivity contribution < 1.29 is 14.2 Å². The average Bonchev–Trinajstić information content (AvgIpc) is 2.79. The summed E-state index contributed by atoms with van der Waals surface area (Å²) in [5.74, 6) is 2.77. The molecule has 0 spiro atoms. The summed E-state index contributed by atoms with van der Waals surface area (Å²) in [6.07, 6.45) is 3.87. The first-order chi connectivity index (χ1) is 15.0. The largest absolute Gasteiger partial charge is 0.497 e. The zero-order valence-corrected chi connectivity index (χ0v) is 18.0. The minimum Gasteiger partial charge on any atom is -0.497 e. The Morgan fingerprint density at radius 1 is 1.00 bits per heavy atom. The lowest BCUT2D eigenvalue weighted by Crippen LogP contribution is -2.25. The van der Waals surface area contributed by atoms with E-state index in [1.165, 1.54) is 0 Å². The lowest BCUT2D eigenvalue weighted by molar-refractivity contribution is 0.268. The van der Waals surface area contributed by atoms with E-state index < -0.39 is 0 Å². The smallest absolute Gasteiger partial charge is 0.205 e. The Morgan fingerprint density at radius 2 is 1.61 bits per heavy atom. The molecule has 5 nitrogen and oxygen atoms in total. The molecule has 2 aromatic rings. The number of allylic oxidation sites excluding steroid dienone is 3. The van der Waals surface area contributed by atoms with Crippen LogP contribution in [-0.2, 0) is 4.74 Å². The van der Waals surface area contributed by atoms with E-state index in [4.69, 9.17) is 19.9 Å². The second kappa shape index (κ2) is 8.61. The Kier molecular flexibility index (Phi) is 5.73. The first-order valence-corrected chi connectivity index (χ1v) is 10.3. The molecule has 2 N–H and O–H groups in total. The summed E-state index contributed by atoms with van der Waals surface area (Å²) in [4.78, 5) is 0. The van der Waals surface area contributed by atoms with Gasteiger partial charge < -0.3 is 19.9 Å². The van der Waals surface area contributed by atoms with Crippen LogP contribution in [0.25, 0.3) is 6.08 Å². The number of nitriles is 1. The van der Waals surface area contributed by atoms with Crippen molar-refractivity contribution in [3.8, 4) is 17.6 Å². The highest BCUT2D eigenvalue weighted by Crippen LogP contribution is 2.48. The molecule has 1 heterocycles. The van der Waals surface area contributed by atoms with Crippen LogP contribution in [0, 0.1) is 17.2 Å². The monoisotopic (exact) mass is 414 g/mol. The number of nitrogens with zero attached hydrogens (tertiary/aromatic N) is 1. The van der Waals surface area contributed by atoms with Gasteiger partial charge in [0.1, 0.15) is 28.9 Å². The van der Waals surface area contributed by atoms with Crippen molar-refractivity contribution >= 4 is 6.08 Å². The van der Waals surface area contributed by atoms with Crippen LogP contribution in [0.2, 0.25) is 0 Å². The third-order valence-corrected chi connectivity index (χ3v) is 5.86. The van der Waals surface area contributed by atoms with Gasteiger partial charge in [0, 0.05) is 5.92 Å². The van der Waals surface area contributed by atoms with E-state index in [0.717, 1.165) is 52.4 Å². The maximum atomic E-state index is 9.86. The van der Waals surface area contributed by atoms with Crippen molar-refractivity contribution in [1.29, 1.82) is 5.26 Å². The number of methoxy groups -OCH3 is 2. The Labute approximate surface area is 183 Å². The third kappa shape index (κ3) is 4.02. The molecule has 2 atom stereocenters. The summed E-state index contributed by atoms with van der Waals surface area (Å²) in [6, 6.07) is 18.0. The number of hydrogen-bond acceptors (Lipinski definition) is 5. The molecule has 4 rings (SSSR count). The van der Waals surface area contributed by atoms with Crippen molar-refractivity contribution in [2.45, 2.75) is 25.7 Å². The van der Waals surface area contributed by atoms with E-state index >= 15 is 0 Å². The summed E-state index contributed by atoms with van der Waals surface area (Å²) in [5, 5.41) is 9.86. The number of rotatable bonds is 4. The fourth-order valence-corrected chi connectivity index (χ4v) is 4.39. The molecule has 5 heteroatoms. The summed E-state index contributed by atoms with van der Waals surface area (Å²) < 4.78 is 16.6. The van der Waals surface area contributed by atoms with Crippen LogP contribution in [-0.4, -0.2) is 14.2 Å². The Bertz CT molecular complexity index is 1100. The topological polar surface area (TPSA) is 77.5 Å². The molecule has 1 aliphatic heterocycles. The van der Waals surface area contributed by atoms with Crippen LogP contribution >= 0.6 is 0 Å². The Hall–Kier alpha value is -3.65. The minimum absolute atomic E-state index is 0.178.